The van der Waals surface area contributed by atoms with E-state index in [4.69, 9.17) is 13.9 Å². The number of amides is 1. The number of hydrogen-bond acceptors (Lipinski definition) is 6. The van der Waals surface area contributed by atoms with Crippen LogP contribution in [0.4, 0.5) is 0 Å². The van der Waals surface area contributed by atoms with E-state index in [-0.39, 0.29) is 25.3 Å². The monoisotopic (exact) mass is 395 g/mol. The van der Waals surface area contributed by atoms with E-state index in [2.05, 4.69) is 5.32 Å². The second-order valence-corrected chi connectivity index (χ2v) is 6.37. The van der Waals surface area contributed by atoms with Gasteiger partial charge in [0, 0.05) is 11.9 Å². The maximum atomic E-state index is 12.2. The molecule has 29 heavy (non-hydrogen) atoms. The number of ether oxygens (including phenoxy) is 2. The van der Waals surface area contributed by atoms with Crippen LogP contribution in [0.3, 0.4) is 0 Å². The molecule has 1 aromatic heterocycles. The molecule has 150 valence electrons. The molecule has 0 atom stereocenters. The zero-order valence-corrected chi connectivity index (χ0v) is 16.0. The van der Waals surface area contributed by atoms with Gasteiger partial charge in [-0.3, -0.25) is 4.79 Å². The summed E-state index contributed by atoms with van der Waals surface area (Å²) in [5, 5.41) is 3.29. The first-order valence-electron chi connectivity index (χ1n) is 9.20. The van der Waals surface area contributed by atoms with Crippen molar-refractivity contribution >= 4 is 22.8 Å². The molecule has 3 aromatic rings. The maximum Gasteiger partial charge on any atom is 0.349 e. The Morgan fingerprint density at radius 2 is 1.83 bits per heavy atom. The zero-order chi connectivity index (χ0) is 20.6. The molecule has 1 N–H and O–H groups in total. The number of carbonyl (C=O) groups is 2. The highest BCUT2D eigenvalue weighted by atomic mass is 16.6. The van der Waals surface area contributed by atoms with Crippen LogP contribution in [-0.2, 0) is 9.53 Å². The van der Waals surface area contributed by atoms with Crippen molar-refractivity contribution in [2.45, 2.75) is 13.3 Å². The van der Waals surface area contributed by atoms with Gasteiger partial charge in [-0.25, -0.2) is 9.59 Å². The lowest BCUT2D eigenvalue weighted by molar-refractivity contribution is -0.146. The first kappa shape index (κ1) is 20.1. The third-order valence-electron chi connectivity index (χ3n) is 4.19. The van der Waals surface area contributed by atoms with Gasteiger partial charge in [0.1, 0.15) is 16.9 Å². The number of fused-ring (bicyclic) bond motifs is 1. The number of rotatable bonds is 8. The van der Waals surface area contributed by atoms with E-state index in [9.17, 15) is 14.4 Å². The van der Waals surface area contributed by atoms with Crippen LogP contribution in [0.25, 0.3) is 11.0 Å². The summed E-state index contributed by atoms with van der Waals surface area (Å²) in [5.41, 5.74) is 0.600. The molecule has 1 amide bonds. The van der Waals surface area contributed by atoms with Crippen molar-refractivity contribution in [1.82, 2.24) is 5.32 Å². The van der Waals surface area contributed by atoms with E-state index in [1.54, 1.807) is 30.3 Å². The fraction of sp³-hybridized carbons (Fsp3) is 0.227. The highest BCUT2D eigenvalue weighted by Gasteiger charge is 2.13. The largest absolute Gasteiger partial charge is 0.482 e. The average Bonchev–Trinajstić information content (AvgIpc) is 2.72. The lowest BCUT2D eigenvalue weighted by Gasteiger charge is -2.09. The minimum absolute atomic E-state index is 0.0627. The molecule has 7 nitrogen and oxygen atoms in total. The predicted molar refractivity (Wildman–Crippen MR) is 107 cm³/mol. The fourth-order valence-corrected chi connectivity index (χ4v) is 2.67. The molecule has 7 heteroatoms. The molecule has 0 saturated carbocycles. The molecule has 0 aliphatic rings. The van der Waals surface area contributed by atoms with Crippen molar-refractivity contribution in [3.63, 3.8) is 0 Å². The minimum Gasteiger partial charge on any atom is -0.482 e. The van der Waals surface area contributed by atoms with Gasteiger partial charge in [-0.2, -0.15) is 0 Å². The Morgan fingerprint density at radius 1 is 1.07 bits per heavy atom. The Hall–Kier alpha value is -3.61. The van der Waals surface area contributed by atoms with Crippen LogP contribution >= 0.6 is 0 Å². The van der Waals surface area contributed by atoms with Gasteiger partial charge in [-0.15, -0.1) is 0 Å². The summed E-state index contributed by atoms with van der Waals surface area (Å²) in [6.07, 6.45) is 0.404. The molecule has 3 rings (SSSR count). The standard InChI is InChI=1S/C22H21NO6/c1-15-7-2-4-9-18(15)28-14-20(24)27-12-6-11-23-21(25)17-13-16-8-3-5-10-19(16)29-22(17)26/h2-5,7-10,13H,6,11-12,14H2,1H3,(H,23,25). The molecule has 0 radical (unpaired) electrons. The van der Waals surface area contributed by atoms with Crippen LogP contribution in [0.1, 0.15) is 22.3 Å². The Labute approximate surface area is 167 Å². The van der Waals surface area contributed by atoms with Crippen molar-refractivity contribution in [2.75, 3.05) is 19.8 Å². The maximum absolute atomic E-state index is 12.2. The van der Waals surface area contributed by atoms with Gasteiger partial charge >= 0.3 is 11.6 Å². The smallest absolute Gasteiger partial charge is 0.349 e. The van der Waals surface area contributed by atoms with Gasteiger partial charge in [-0.05, 0) is 37.1 Å². The van der Waals surface area contributed by atoms with Gasteiger partial charge in [0.05, 0.1) is 6.61 Å². The van der Waals surface area contributed by atoms with Crippen LogP contribution in [0.15, 0.2) is 63.8 Å². The molecule has 0 bridgehead atoms. The number of benzene rings is 2. The highest BCUT2D eigenvalue weighted by Crippen LogP contribution is 2.16. The molecule has 1 heterocycles. The van der Waals surface area contributed by atoms with Crippen LogP contribution in [-0.4, -0.2) is 31.6 Å². The molecular formula is C22H21NO6. The molecule has 2 aromatic carbocycles. The van der Waals surface area contributed by atoms with Crippen molar-refractivity contribution in [2.24, 2.45) is 0 Å². The van der Waals surface area contributed by atoms with Crippen LogP contribution in [0.2, 0.25) is 0 Å². The van der Waals surface area contributed by atoms with Crippen molar-refractivity contribution < 1.29 is 23.5 Å². The molecular weight excluding hydrogens is 374 g/mol. The van der Waals surface area contributed by atoms with Crippen molar-refractivity contribution in [3.05, 3.63) is 76.1 Å². The summed E-state index contributed by atoms with van der Waals surface area (Å²) in [4.78, 5) is 35.9. The van der Waals surface area contributed by atoms with Gasteiger partial charge < -0.3 is 19.2 Å². The topological polar surface area (TPSA) is 94.8 Å². The molecule has 0 spiro atoms. The van der Waals surface area contributed by atoms with E-state index in [0.29, 0.717) is 23.1 Å². The molecule has 0 fully saturated rings. The summed E-state index contributed by atoms with van der Waals surface area (Å²) in [6.45, 7) is 2.08. The van der Waals surface area contributed by atoms with Crippen molar-refractivity contribution in [1.29, 1.82) is 0 Å². The molecule has 0 aliphatic heterocycles. The molecule has 0 aliphatic carbocycles. The van der Waals surface area contributed by atoms with Gasteiger partial charge in [-0.1, -0.05) is 36.4 Å². The Balaban J connectivity index is 1.40. The summed E-state index contributed by atoms with van der Waals surface area (Å²) in [5.74, 6) is -0.389. The SMILES string of the molecule is Cc1ccccc1OCC(=O)OCCCNC(=O)c1cc2ccccc2oc1=O. The van der Waals surface area contributed by atoms with E-state index >= 15 is 0 Å². The lowest BCUT2D eigenvalue weighted by atomic mass is 10.2. The second-order valence-electron chi connectivity index (χ2n) is 6.37. The normalized spacial score (nSPS) is 10.5. The summed E-state index contributed by atoms with van der Waals surface area (Å²) in [6, 6.07) is 15.8. The average molecular weight is 395 g/mol. The summed E-state index contributed by atoms with van der Waals surface area (Å²) in [7, 11) is 0. The quantitative estimate of drug-likeness (QED) is 0.358. The zero-order valence-electron chi connectivity index (χ0n) is 16.0. The number of aryl methyl sites for hydroxylation is 1. The van der Waals surface area contributed by atoms with E-state index in [1.165, 1.54) is 6.07 Å². The minimum atomic E-state index is -0.694. The molecule has 0 saturated heterocycles. The number of esters is 1. The molecule has 0 unspecified atom stereocenters. The van der Waals surface area contributed by atoms with Gasteiger partial charge in [0.2, 0.25) is 0 Å². The first-order chi connectivity index (χ1) is 14.0. The lowest BCUT2D eigenvalue weighted by Crippen LogP contribution is -2.29. The Bertz CT molecular complexity index is 1070. The van der Waals surface area contributed by atoms with Crippen LogP contribution in [0, 0.1) is 6.92 Å². The van der Waals surface area contributed by atoms with Crippen LogP contribution in [0.5, 0.6) is 5.75 Å². The predicted octanol–water partition coefficient (Wildman–Crippen LogP) is 2.84. The van der Waals surface area contributed by atoms with Gasteiger partial charge in [0.15, 0.2) is 6.61 Å². The van der Waals surface area contributed by atoms with Crippen molar-refractivity contribution in [3.8, 4) is 5.75 Å². The third kappa shape index (κ3) is 5.44. The van der Waals surface area contributed by atoms with E-state index in [0.717, 1.165) is 5.56 Å². The number of nitrogens with one attached hydrogen (secondary N) is 1. The Kier molecular flexibility index (Phi) is 6.63. The first-order valence-corrected chi connectivity index (χ1v) is 9.20. The number of hydrogen-bond donors (Lipinski definition) is 1. The van der Waals surface area contributed by atoms with Crippen LogP contribution < -0.4 is 15.7 Å². The third-order valence-corrected chi connectivity index (χ3v) is 4.19. The van der Waals surface area contributed by atoms with E-state index in [1.807, 2.05) is 25.1 Å². The van der Waals surface area contributed by atoms with E-state index < -0.39 is 17.5 Å². The highest BCUT2D eigenvalue weighted by molar-refractivity contribution is 5.96. The second kappa shape index (κ2) is 9.54. The fourth-order valence-electron chi connectivity index (χ4n) is 2.67. The van der Waals surface area contributed by atoms with Gasteiger partial charge in [0.25, 0.3) is 5.91 Å². The Morgan fingerprint density at radius 3 is 2.66 bits per heavy atom. The number of carbonyl (C=O) groups excluding carboxylic acids is 2. The number of para-hydroxylation sites is 2. The summed E-state index contributed by atoms with van der Waals surface area (Å²) < 4.78 is 15.6. The summed E-state index contributed by atoms with van der Waals surface area (Å²) >= 11 is 0.